The number of aliphatic imine (C=N–C) groups is 2. The van der Waals surface area contributed by atoms with Crippen LogP contribution >= 0.6 is 0 Å². The van der Waals surface area contributed by atoms with Crippen LogP contribution in [0.1, 0.15) is 43.7 Å². The van der Waals surface area contributed by atoms with Crippen molar-refractivity contribution >= 4 is 41.1 Å². The normalized spacial score (nSPS) is 26.3. The fourth-order valence-electron chi connectivity index (χ4n) is 6.79. The van der Waals surface area contributed by atoms with E-state index < -0.39 is 18.3 Å². The third kappa shape index (κ3) is 7.30. The van der Waals surface area contributed by atoms with Crippen molar-refractivity contribution in [3.05, 3.63) is 59.2 Å². The van der Waals surface area contributed by atoms with Gasteiger partial charge < -0.3 is 29.9 Å². The summed E-state index contributed by atoms with van der Waals surface area (Å²) >= 11 is 0. The Balaban J connectivity index is 1.01. The maximum Gasteiger partial charge on any atom is 0.245 e. The van der Waals surface area contributed by atoms with Gasteiger partial charge in [-0.15, -0.1) is 0 Å². The molecule has 5 aliphatic heterocycles. The van der Waals surface area contributed by atoms with Crippen molar-refractivity contribution < 1.29 is 23.5 Å². The maximum absolute atomic E-state index is 15.2. The Bertz CT molecular complexity index is 1700. The van der Waals surface area contributed by atoms with Crippen LogP contribution in [0.3, 0.4) is 0 Å². The average molecular weight is 669 g/mol. The van der Waals surface area contributed by atoms with Crippen LogP contribution in [0.4, 0.5) is 15.8 Å². The molecule has 256 valence electrons. The lowest BCUT2D eigenvalue weighted by Crippen LogP contribution is -2.60. The van der Waals surface area contributed by atoms with Crippen molar-refractivity contribution in [3.63, 3.8) is 0 Å². The number of piperazine rings is 1. The highest BCUT2D eigenvalue weighted by Crippen LogP contribution is 2.31. The van der Waals surface area contributed by atoms with Crippen molar-refractivity contribution in [1.29, 1.82) is 5.26 Å². The fourth-order valence-corrected chi connectivity index (χ4v) is 6.79. The third-order valence-electron chi connectivity index (χ3n) is 9.89. The van der Waals surface area contributed by atoms with Gasteiger partial charge in [0, 0.05) is 62.3 Å². The number of alkyl halides is 1. The van der Waals surface area contributed by atoms with Gasteiger partial charge in [-0.2, -0.15) is 5.26 Å². The van der Waals surface area contributed by atoms with Crippen LogP contribution in [0.25, 0.3) is 5.70 Å². The largest absolute Gasteiger partial charge is 0.486 e. The number of β-lactam (4-membered cyclic amide) rings is 1. The third-order valence-corrected chi connectivity index (χ3v) is 9.89. The van der Waals surface area contributed by atoms with Crippen molar-refractivity contribution in [3.8, 4) is 11.8 Å². The highest BCUT2D eigenvalue weighted by atomic mass is 19.1. The minimum absolute atomic E-state index is 0.122. The van der Waals surface area contributed by atoms with Crippen molar-refractivity contribution in [2.24, 2.45) is 9.98 Å². The van der Waals surface area contributed by atoms with E-state index in [0.717, 1.165) is 69.1 Å². The number of ether oxygens (including phenoxy) is 2. The number of rotatable bonds is 7. The Morgan fingerprint density at radius 2 is 1.90 bits per heavy atom. The van der Waals surface area contributed by atoms with Crippen LogP contribution < -0.4 is 20.3 Å². The van der Waals surface area contributed by atoms with Gasteiger partial charge in [0.05, 0.1) is 43.5 Å². The van der Waals surface area contributed by atoms with Gasteiger partial charge in [0.1, 0.15) is 24.0 Å². The first-order valence-electron chi connectivity index (χ1n) is 17.0. The minimum Gasteiger partial charge on any atom is -0.486 e. The van der Waals surface area contributed by atoms with E-state index in [1.807, 2.05) is 31.3 Å². The SMILES string of the molecule is C/C1=C(\c2ccc(OC3CCN(C(=O)[C@@H]4CC(=O)N4)CC3F)c(C#N)c2)N=C(Nc2ccc(N3CCN(C4COC4)CC3)cc2)N=CCC1. The van der Waals surface area contributed by atoms with E-state index in [0.29, 0.717) is 24.2 Å². The second-order valence-electron chi connectivity index (χ2n) is 13.2. The molecule has 5 heterocycles. The van der Waals surface area contributed by atoms with Crippen LogP contribution in [-0.4, -0.2) is 111 Å². The average Bonchev–Trinajstić information content (AvgIpc) is 3.07. The summed E-state index contributed by atoms with van der Waals surface area (Å²) in [4.78, 5) is 39.6. The molecule has 2 unspecified atom stereocenters. The van der Waals surface area contributed by atoms with Crippen LogP contribution in [0.2, 0.25) is 0 Å². The number of allylic oxidation sites excluding steroid dienone is 1. The van der Waals surface area contributed by atoms with Gasteiger partial charge in [0.2, 0.25) is 17.8 Å². The number of nitrogens with zero attached hydrogens (tertiary/aromatic N) is 6. The van der Waals surface area contributed by atoms with E-state index in [9.17, 15) is 14.9 Å². The molecule has 4 fully saturated rings. The number of likely N-dealkylation sites (tertiary alicyclic amines) is 1. The van der Waals surface area contributed by atoms with Gasteiger partial charge in [0.15, 0.2) is 6.17 Å². The minimum atomic E-state index is -1.43. The predicted molar refractivity (Wildman–Crippen MR) is 184 cm³/mol. The number of guanidine groups is 1. The zero-order valence-corrected chi connectivity index (χ0v) is 27.6. The molecule has 2 aromatic rings. The summed E-state index contributed by atoms with van der Waals surface area (Å²) in [5.74, 6) is 0.279. The number of hydrogen-bond acceptors (Lipinski definition) is 10. The fraction of sp³-hybridized carbons (Fsp3) is 0.472. The van der Waals surface area contributed by atoms with Gasteiger partial charge in [-0.25, -0.2) is 14.4 Å². The van der Waals surface area contributed by atoms with E-state index in [1.54, 1.807) is 12.1 Å². The highest BCUT2D eigenvalue weighted by Gasteiger charge is 2.39. The molecule has 0 spiro atoms. The van der Waals surface area contributed by atoms with Crippen LogP contribution in [0.15, 0.2) is 58.0 Å². The molecule has 0 radical (unpaired) electrons. The lowest BCUT2D eigenvalue weighted by molar-refractivity contribution is -0.146. The van der Waals surface area contributed by atoms with E-state index >= 15 is 4.39 Å². The van der Waals surface area contributed by atoms with E-state index in [1.165, 1.54) is 10.6 Å². The molecule has 0 bridgehead atoms. The first kappa shape index (κ1) is 32.7. The van der Waals surface area contributed by atoms with Crippen LogP contribution in [0.5, 0.6) is 5.75 Å². The smallest absolute Gasteiger partial charge is 0.245 e. The lowest BCUT2D eigenvalue weighted by Gasteiger charge is -2.43. The quantitative estimate of drug-likeness (QED) is 0.430. The number of nitriles is 1. The molecule has 3 atom stereocenters. The molecule has 49 heavy (non-hydrogen) atoms. The van der Waals surface area contributed by atoms with E-state index in [4.69, 9.17) is 14.5 Å². The molecule has 7 rings (SSSR count). The van der Waals surface area contributed by atoms with Gasteiger partial charge in [0.25, 0.3) is 0 Å². The number of piperidine rings is 1. The summed E-state index contributed by atoms with van der Waals surface area (Å²) in [6.07, 6.45) is 1.54. The number of carbonyl (C=O) groups excluding carboxylic acids is 2. The zero-order valence-electron chi connectivity index (χ0n) is 27.6. The monoisotopic (exact) mass is 668 g/mol. The van der Waals surface area contributed by atoms with Crippen molar-refractivity contribution in [2.45, 2.75) is 57.0 Å². The number of benzene rings is 2. The number of anilines is 2. The molecule has 12 nitrogen and oxygen atoms in total. The van der Waals surface area contributed by atoms with Crippen molar-refractivity contribution in [2.75, 3.05) is 62.7 Å². The molecule has 0 aromatic heterocycles. The molecule has 4 saturated heterocycles. The van der Waals surface area contributed by atoms with Crippen molar-refractivity contribution in [1.82, 2.24) is 15.1 Å². The van der Waals surface area contributed by atoms with Crippen LogP contribution in [-0.2, 0) is 14.3 Å². The van der Waals surface area contributed by atoms with Gasteiger partial charge in [-0.05, 0) is 67.8 Å². The highest BCUT2D eigenvalue weighted by molar-refractivity contribution is 6.02. The molecule has 13 heteroatoms. The Hall–Kier alpha value is -4.80. The Labute approximate surface area is 285 Å². The molecule has 2 N–H and O–H groups in total. The summed E-state index contributed by atoms with van der Waals surface area (Å²) in [5.41, 5.74) is 4.83. The van der Waals surface area contributed by atoms with E-state index in [2.05, 4.69) is 43.6 Å². The topological polar surface area (TPSA) is 135 Å². The molecule has 2 aromatic carbocycles. The number of halogens is 1. The summed E-state index contributed by atoms with van der Waals surface area (Å²) < 4.78 is 26.6. The number of carbonyl (C=O) groups is 2. The Morgan fingerprint density at radius 3 is 2.57 bits per heavy atom. The maximum atomic E-state index is 15.2. The summed E-state index contributed by atoms with van der Waals surface area (Å²) in [6.45, 7) is 7.95. The molecule has 5 aliphatic rings. The first-order chi connectivity index (χ1) is 23.8. The Morgan fingerprint density at radius 1 is 1.12 bits per heavy atom. The van der Waals surface area contributed by atoms with E-state index in [-0.39, 0.29) is 42.5 Å². The van der Waals surface area contributed by atoms with Gasteiger partial charge in [-0.3, -0.25) is 14.5 Å². The molecular weight excluding hydrogens is 627 g/mol. The second-order valence-corrected chi connectivity index (χ2v) is 13.2. The number of amides is 2. The molecule has 2 amide bonds. The number of hydrogen-bond donors (Lipinski definition) is 2. The molecular formula is C36H41FN8O4. The first-order valence-corrected chi connectivity index (χ1v) is 17.0. The van der Waals surface area contributed by atoms with Crippen LogP contribution in [0, 0.1) is 11.3 Å². The second kappa shape index (κ2) is 14.4. The number of nitrogens with one attached hydrogen (secondary N) is 2. The molecule has 0 aliphatic carbocycles. The summed E-state index contributed by atoms with van der Waals surface area (Å²) in [6, 6.07) is 15.8. The Kier molecular flexibility index (Phi) is 9.59. The zero-order chi connectivity index (χ0) is 33.9. The van der Waals surface area contributed by atoms with Gasteiger partial charge in [-0.1, -0.05) is 0 Å². The van der Waals surface area contributed by atoms with Gasteiger partial charge >= 0.3 is 0 Å². The standard InChI is InChI=1S/C36H41FN8O4/c1-23-3-2-11-39-36(40-26-5-7-27(8-6-26)43-13-15-44(16-14-43)28-21-48-22-28)42-34(23)24-4-9-31(25(17-24)19-38)49-32-10-12-45(20-29(32)37)35(47)30-18-33(46)41-30/h4-9,11,17,28-30,32H,2-3,10,12-16,18,20-22H2,1H3,(H,40,42)(H,41,46)/b34-23-,39-11?/t29?,30-,32?/m0/s1. The predicted octanol–water partition coefficient (Wildman–Crippen LogP) is 3.35. The summed E-state index contributed by atoms with van der Waals surface area (Å²) in [7, 11) is 0. The molecule has 0 saturated carbocycles. The summed E-state index contributed by atoms with van der Waals surface area (Å²) in [5, 5.41) is 15.9. The lowest BCUT2D eigenvalue weighted by atomic mass is 10.00.